The average Bonchev–Trinajstić information content (AvgIpc) is 3.06. The molecule has 3 rings (SSSR count). The molecule has 7 nitrogen and oxygen atoms in total. The van der Waals surface area contributed by atoms with E-state index in [9.17, 15) is 9.59 Å². The number of amides is 1. The van der Waals surface area contributed by atoms with Gasteiger partial charge >= 0.3 is 5.69 Å². The van der Waals surface area contributed by atoms with Crippen LogP contribution in [0.1, 0.15) is 23.9 Å². The summed E-state index contributed by atoms with van der Waals surface area (Å²) in [6.45, 7) is 0.910. The van der Waals surface area contributed by atoms with Crippen LogP contribution in [0.4, 0.5) is 0 Å². The van der Waals surface area contributed by atoms with Gasteiger partial charge in [0.2, 0.25) is 5.91 Å². The maximum Gasteiger partial charge on any atom is 0.343 e. The third-order valence-electron chi connectivity index (χ3n) is 3.39. The van der Waals surface area contributed by atoms with Gasteiger partial charge in [0.1, 0.15) is 11.6 Å². The number of H-pyrrole nitrogens is 1. The van der Waals surface area contributed by atoms with E-state index in [2.05, 4.69) is 10.2 Å². The number of rotatable bonds is 3. The fourth-order valence-corrected chi connectivity index (χ4v) is 2.39. The zero-order valence-corrected chi connectivity index (χ0v) is 10.5. The van der Waals surface area contributed by atoms with Gasteiger partial charge in [-0.1, -0.05) is 0 Å². The second-order valence-corrected chi connectivity index (χ2v) is 4.73. The second kappa shape index (κ2) is 4.42. The third-order valence-corrected chi connectivity index (χ3v) is 3.39. The first kappa shape index (κ1) is 11.8. The smallest absolute Gasteiger partial charge is 0.343 e. The van der Waals surface area contributed by atoms with Gasteiger partial charge in [-0.05, 0) is 12.1 Å². The number of likely N-dealkylation sites (N-methyl/N-ethyl adjacent to an activating group) is 1. The van der Waals surface area contributed by atoms with E-state index in [0.717, 1.165) is 0 Å². The molecule has 1 saturated heterocycles. The molecule has 0 aromatic carbocycles. The number of nitrogens with one attached hydrogen (secondary N) is 1. The summed E-state index contributed by atoms with van der Waals surface area (Å²) in [6.07, 6.45) is 1.95. The van der Waals surface area contributed by atoms with Crippen LogP contribution in [-0.2, 0) is 11.3 Å². The van der Waals surface area contributed by atoms with Crippen LogP contribution in [0.25, 0.3) is 0 Å². The largest absolute Gasteiger partial charge is 0.467 e. The summed E-state index contributed by atoms with van der Waals surface area (Å²) >= 11 is 0. The molecule has 2 aromatic rings. The average molecular weight is 262 g/mol. The predicted molar refractivity (Wildman–Crippen MR) is 65.7 cm³/mol. The number of likely N-dealkylation sites (tertiary alicyclic amines) is 1. The van der Waals surface area contributed by atoms with Gasteiger partial charge in [0, 0.05) is 25.9 Å². The van der Waals surface area contributed by atoms with Gasteiger partial charge in [-0.15, -0.1) is 0 Å². The summed E-state index contributed by atoms with van der Waals surface area (Å²) < 4.78 is 6.77. The molecule has 2 aromatic heterocycles. The molecule has 3 heterocycles. The normalized spacial score (nSPS) is 19.3. The molecule has 0 aliphatic carbocycles. The van der Waals surface area contributed by atoms with Crippen LogP contribution >= 0.6 is 0 Å². The lowest BCUT2D eigenvalue weighted by Crippen LogP contribution is -2.22. The fraction of sp³-hybridized carbons (Fsp3) is 0.417. The number of aromatic nitrogens is 3. The summed E-state index contributed by atoms with van der Waals surface area (Å²) in [5, 5.41) is 6.49. The molecule has 0 bridgehead atoms. The molecule has 1 aliphatic heterocycles. The van der Waals surface area contributed by atoms with Crippen molar-refractivity contribution in [3.05, 3.63) is 40.5 Å². The van der Waals surface area contributed by atoms with Crippen molar-refractivity contribution >= 4 is 5.91 Å². The van der Waals surface area contributed by atoms with Crippen molar-refractivity contribution in [1.82, 2.24) is 19.7 Å². The minimum absolute atomic E-state index is 0.0496. The Hall–Kier alpha value is -2.31. The van der Waals surface area contributed by atoms with Gasteiger partial charge in [0.25, 0.3) is 0 Å². The van der Waals surface area contributed by atoms with Gasteiger partial charge in [-0.25, -0.2) is 9.89 Å². The van der Waals surface area contributed by atoms with Gasteiger partial charge in [0.05, 0.1) is 12.8 Å². The highest BCUT2D eigenvalue weighted by Gasteiger charge is 2.32. The van der Waals surface area contributed by atoms with E-state index in [1.807, 2.05) is 0 Å². The topological polar surface area (TPSA) is 84.1 Å². The Morgan fingerprint density at radius 2 is 2.37 bits per heavy atom. The van der Waals surface area contributed by atoms with E-state index in [0.29, 0.717) is 31.1 Å². The Bertz CT molecular complexity index is 640. The van der Waals surface area contributed by atoms with Crippen LogP contribution in [0.5, 0.6) is 0 Å². The number of aromatic amines is 1. The van der Waals surface area contributed by atoms with Gasteiger partial charge in [-0.3, -0.25) is 9.36 Å². The Labute approximate surface area is 108 Å². The number of carbonyl (C=O) groups is 1. The maximum atomic E-state index is 11.8. The van der Waals surface area contributed by atoms with E-state index in [1.54, 1.807) is 30.3 Å². The summed E-state index contributed by atoms with van der Waals surface area (Å²) in [7, 11) is 1.75. The zero-order valence-electron chi connectivity index (χ0n) is 10.5. The first-order valence-electron chi connectivity index (χ1n) is 6.06. The highest BCUT2D eigenvalue weighted by molar-refractivity contribution is 5.79. The van der Waals surface area contributed by atoms with Crippen molar-refractivity contribution in [3.8, 4) is 0 Å². The van der Waals surface area contributed by atoms with E-state index in [-0.39, 0.29) is 17.5 Å². The lowest BCUT2D eigenvalue weighted by molar-refractivity contribution is -0.126. The van der Waals surface area contributed by atoms with E-state index >= 15 is 0 Å². The molecule has 0 radical (unpaired) electrons. The molecule has 1 fully saturated rings. The Balaban J connectivity index is 1.91. The molecule has 0 spiro atoms. The summed E-state index contributed by atoms with van der Waals surface area (Å²) in [6, 6.07) is 3.57. The molecular weight excluding hydrogens is 248 g/mol. The van der Waals surface area contributed by atoms with Crippen molar-refractivity contribution in [2.24, 2.45) is 0 Å². The quantitative estimate of drug-likeness (QED) is 0.853. The lowest BCUT2D eigenvalue weighted by atomic mass is 10.1. The van der Waals surface area contributed by atoms with Crippen LogP contribution in [0.15, 0.2) is 27.6 Å². The summed E-state index contributed by atoms with van der Waals surface area (Å²) in [4.78, 5) is 25.0. The highest BCUT2D eigenvalue weighted by Crippen LogP contribution is 2.25. The van der Waals surface area contributed by atoms with Crippen molar-refractivity contribution in [2.45, 2.75) is 18.9 Å². The molecular formula is C12H14N4O3. The number of hydrogen-bond donors (Lipinski definition) is 1. The van der Waals surface area contributed by atoms with Crippen LogP contribution in [-0.4, -0.2) is 39.2 Å². The van der Waals surface area contributed by atoms with Crippen molar-refractivity contribution in [2.75, 3.05) is 13.6 Å². The van der Waals surface area contributed by atoms with E-state index < -0.39 is 0 Å². The minimum Gasteiger partial charge on any atom is -0.467 e. The van der Waals surface area contributed by atoms with Gasteiger partial charge in [0.15, 0.2) is 0 Å². The van der Waals surface area contributed by atoms with Crippen molar-refractivity contribution in [3.63, 3.8) is 0 Å². The molecule has 100 valence electrons. The minimum atomic E-state index is -0.284. The lowest BCUT2D eigenvalue weighted by Gasteiger charge is -2.10. The first-order valence-corrected chi connectivity index (χ1v) is 6.06. The van der Waals surface area contributed by atoms with Crippen LogP contribution < -0.4 is 5.69 Å². The summed E-state index contributed by atoms with van der Waals surface area (Å²) in [5.41, 5.74) is -0.284. The van der Waals surface area contributed by atoms with Gasteiger partial charge < -0.3 is 9.32 Å². The van der Waals surface area contributed by atoms with Crippen LogP contribution in [0, 0.1) is 0 Å². The highest BCUT2D eigenvalue weighted by atomic mass is 16.3. The maximum absolute atomic E-state index is 11.8. The molecule has 1 atom stereocenters. The fourth-order valence-electron chi connectivity index (χ4n) is 2.39. The number of nitrogens with zero attached hydrogens (tertiary/aromatic N) is 3. The number of furan rings is 1. The Morgan fingerprint density at radius 3 is 3.00 bits per heavy atom. The van der Waals surface area contributed by atoms with E-state index in [1.165, 1.54) is 4.57 Å². The molecule has 0 saturated carbocycles. The molecule has 7 heteroatoms. The molecule has 0 unspecified atom stereocenters. The monoisotopic (exact) mass is 262 g/mol. The molecule has 19 heavy (non-hydrogen) atoms. The third kappa shape index (κ3) is 2.07. The molecule has 1 amide bonds. The summed E-state index contributed by atoms with van der Waals surface area (Å²) in [5.74, 6) is 1.32. The van der Waals surface area contributed by atoms with Crippen LogP contribution in [0.2, 0.25) is 0 Å². The standard InChI is InChI=1S/C12H14N4O3/c1-15-6-8(5-10(15)17)11-13-14-12(18)16(11)7-9-3-2-4-19-9/h2-4,8H,5-7H2,1H3,(H,14,18)/t8-/m0/s1. The number of hydrogen-bond acceptors (Lipinski definition) is 4. The Kier molecular flexibility index (Phi) is 2.73. The second-order valence-electron chi connectivity index (χ2n) is 4.73. The zero-order chi connectivity index (χ0) is 13.4. The predicted octanol–water partition coefficient (Wildman–Crippen LogP) is 0.158. The number of carbonyl (C=O) groups excluding carboxylic acids is 1. The van der Waals surface area contributed by atoms with E-state index in [4.69, 9.17) is 4.42 Å². The first-order chi connectivity index (χ1) is 9.15. The SMILES string of the molecule is CN1C[C@@H](c2n[nH]c(=O)n2Cc2ccco2)CC1=O. The van der Waals surface area contributed by atoms with Crippen molar-refractivity contribution < 1.29 is 9.21 Å². The molecule has 1 aliphatic rings. The van der Waals surface area contributed by atoms with Gasteiger partial charge in [-0.2, -0.15) is 5.10 Å². The van der Waals surface area contributed by atoms with Crippen molar-refractivity contribution in [1.29, 1.82) is 0 Å². The van der Waals surface area contributed by atoms with Crippen LogP contribution in [0.3, 0.4) is 0 Å². The molecule has 1 N–H and O–H groups in total. The Morgan fingerprint density at radius 1 is 1.53 bits per heavy atom.